The van der Waals surface area contributed by atoms with Crippen molar-refractivity contribution in [2.45, 2.75) is 53.4 Å². The second-order valence-electron chi connectivity index (χ2n) is 7.78. The van der Waals surface area contributed by atoms with E-state index in [0.29, 0.717) is 16.8 Å². The molecule has 4 N–H and O–H groups in total. The third-order valence-corrected chi connectivity index (χ3v) is 4.52. The van der Waals surface area contributed by atoms with Gasteiger partial charge in [-0.2, -0.15) is 0 Å². The Kier molecular flexibility index (Phi) is 7.98. The maximum Gasteiger partial charge on any atom is 0.124 e. The Bertz CT molecular complexity index is 816. The van der Waals surface area contributed by atoms with E-state index in [4.69, 9.17) is 11.5 Å². The molecule has 0 saturated carbocycles. The maximum absolute atomic E-state index is 13.3. The molecule has 0 radical (unpaired) electrons. The van der Waals surface area contributed by atoms with Gasteiger partial charge in [-0.05, 0) is 72.2 Å². The minimum absolute atomic E-state index is 0.188. The highest BCUT2D eigenvalue weighted by atomic mass is 19.1. The van der Waals surface area contributed by atoms with Gasteiger partial charge in [0.25, 0.3) is 0 Å². The summed E-state index contributed by atoms with van der Waals surface area (Å²) in [5, 5.41) is 0. The molecule has 0 aromatic heterocycles. The highest BCUT2D eigenvalue weighted by Crippen LogP contribution is 2.31. The van der Waals surface area contributed by atoms with Crippen LogP contribution in [0.5, 0.6) is 0 Å². The lowest BCUT2D eigenvalue weighted by Crippen LogP contribution is -2.04. The summed E-state index contributed by atoms with van der Waals surface area (Å²) >= 11 is 0. The zero-order chi connectivity index (χ0) is 21.8. The average molecular weight is 387 g/mol. The normalized spacial score (nSPS) is 10.6. The van der Waals surface area contributed by atoms with Gasteiger partial charge in [0.05, 0.1) is 0 Å². The fraction of sp³-hybridized carbons (Fsp3) is 0.333. The number of nitrogens with two attached hydrogens (primary N) is 2. The van der Waals surface area contributed by atoms with Crippen molar-refractivity contribution < 1.29 is 8.78 Å². The molecule has 0 saturated heterocycles. The van der Waals surface area contributed by atoms with Crippen molar-refractivity contribution in [3.8, 4) is 0 Å². The molecule has 0 spiro atoms. The first-order valence-corrected chi connectivity index (χ1v) is 9.36. The number of anilines is 2. The summed E-state index contributed by atoms with van der Waals surface area (Å²) in [5.74, 6) is 0.0354. The van der Waals surface area contributed by atoms with Gasteiger partial charge in [-0.1, -0.05) is 40.9 Å². The van der Waals surface area contributed by atoms with Gasteiger partial charge in [0.1, 0.15) is 11.6 Å². The number of nitrogen functional groups attached to an aromatic ring is 2. The topological polar surface area (TPSA) is 52.0 Å². The van der Waals surface area contributed by atoms with Crippen molar-refractivity contribution in [3.05, 3.63) is 71.3 Å². The number of halogens is 2. The highest BCUT2D eigenvalue weighted by Gasteiger charge is 2.13. The number of hydrogen-bond acceptors (Lipinski definition) is 2. The molecule has 0 unspecified atom stereocenters. The first-order valence-electron chi connectivity index (χ1n) is 9.36. The molecule has 2 aromatic rings. The molecule has 0 heterocycles. The Hall–Kier alpha value is -2.62. The standard InChI is InChI=1S/C12H18FN.C12H14FN/c2*1-7(2)10-5-9(13)6-11(8(3)4)12(10)14/h5-8H,14H2,1-4H3;5-6H,1,3,14H2,2,4H3. The smallest absolute Gasteiger partial charge is 0.124 e. The fourth-order valence-corrected chi connectivity index (χ4v) is 2.94. The summed E-state index contributed by atoms with van der Waals surface area (Å²) < 4.78 is 26.5. The van der Waals surface area contributed by atoms with Gasteiger partial charge in [0.15, 0.2) is 0 Å². The maximum atomic E-state index is 13.3. The van der Waals surface area contributed by atoms with E-state index in [-0.39, 0.29) is 23.5 Å². The molecule has 152 valence electrons. The Labute approximate surface area is 168 Å². The lowest BCUT2D eigenvalue weighted by Gasteiger charge is -2.16. The first-order chi connectivity index (χ1) is 12.9. The van der Waals surface area contributed by atoms with Crippen molar-refractivity contribution >= 4 is 22.5 Å². The zero-order valence-electron chi connectivity index (χ0n) is 17.8. The minimum Gasteiger partial charge on any atom is -0.398 e. The molecule has 28 heavy (non-hydrogen) atoms. The Balaban J connectivity index is 0.000000280. The quantitative estimate of drug-likeness (QED) is 0.549. The number of hydrogen-bond donors (Lipinski definition) is 2. The molecule has 0 bridgehead atoms. The molecule has 0 amide bonds. The zero-order valence-corrected chi connectivity index (χ0v) is 17.8. The van der Waals surface area contributed by atoms with E-state index in [0.717, 1.165) is 28.0 Å². The lowest BCUT2D eigenvalue weighted by molar-refractivity contribution is 0.619. The van der Waals surface area contributed by atoms with Gasteiger partial charge in [0, 0.05) is 22.5 Å². The third kappa shape index (κ3) is 5.69. The molecule has 0 aliphatic rings. The monoisotopic (exact) mass is 386 g/mol. The summed E-state index contributed by atoms with van der Waals surface area (Å²) in [6.07, 6.45) is 0. The van der Waals surface area contributed by atoms with Crippen LogP contribution in [-0.2, 0) is 0 Å². The highest BCUT2D eigenvalue weighted by molar-refractivity contribution is 5.82. The largest absolute Gasteiger partial charge is 0.398 e. The van der Waals surface area contributed by atoms with Crippen LogP contribution in [0.15, 0.2) is 37.4 Å². The van der Waals surface area contributed by atoms with E-state index in [2.05, 4.69) is 13.2 Å². The van der Waals surface area contributed by atoms with Crippen LogP contribution in [0.1, 0.15) is 75.6 Å². The van der Waals surface area contributed by atoms with E-state index in [1.165, 1.54) is 24.3 Å². The van der Waals surface area contributed by atoms with Gasteiger partial charge in [-0.3, -0.25) is 0 Å². The van der Waals surface area contributed by atoms with E-state index in [9.17, 15) is 8.78 Å². The molecule has 2 aromatic carbocycles. The summed E-state index contributed by atoms with van der Waals surface area (Å²) in [6, 6.07) is 5.85. The molecule has 0 fully saturated rings. The number of benzene rings is 2. The molecule has 4 heteroatoms. The SMILES string of the molecule is C=C(C)c1cc(F)cc(C(=C)C)c1N.CC(C)c1cc(F)cc(C(C)C)c1N. The second-order valence-corrected chi connectivity index (χ2v) is 7.78. The van der Waals surface area contributed by atoms with Gasteiger partial charge >= 0.3 is 0 Å². The van der Waals surface area contributed by atoms with E-state index in [1.54, 1.807) is 13.8 Å². The van der Waals surface area contributed by atoms with Gasteiger partial charge in [-0.15, -0.1) is 0 Å². The van der Waals surface area contributed by atoms with Crippen molar-refractivity contribution in [1.82, 2.24) is 0 Å². The van der Waals surface area contributed by atoms with Crippen LogP contribution >= 0.6 is 0 Å². The molecular formula is C24H32F2N2. The van der Waals surface area contributed by atoms with Crippen LogP contribution in [0.3, 0.4) is 0 Å². The molecule has 2 rings (SSSR count). The summed E-state index contributed by atoms with van der Waals surface area (Å²) in [6.45, 7) is 19.2. The minimum atomic E-state index is -0.310. The van der Waals surface area contributed by atoms with Crippen LogP contribution in [0.4, 0.5) is 20.2 Å². The van der Waals surface area contributed by atoms with Crippen LogP contribution in [-0.4, -0.2) is 0 Å². The van der Waals surface area contributed by atoms with E-state index >= 15 is 0 Å². The number of allylic oxidation sites excluding steroid dienone is 2. The van der Waals surface area contributed by atoms with Crippen LogP contribution in [0, 0.1) is 11.6 Å². The predicted molar refractivity (Wildman–Crippen MR) is 119 cm³/mol. The Morgan fingerprint density at radius 3 is 1.32 bits per heavy atom. The fourth-order valence-electron chi connectivity index (χ4n) is 2.94. The lowest BCUT2D eigenvalue weighted by atomic mass is 9.93. The molecule has 2 nitrogen and oxygen atoms in total. The van der Waals surface area contributed by atoms with Crippen LogP contribution < -0.4 is 11.5 Å². The van der Waals surface area contributed by atoms with Crippen molar-refractivity contribution in [2.24, 2.45) is 0 Å². The Morgan fingerprint density at radius 1 is 0.714 bits per heavy atom. The predicted octanol–water partition coefficient (Wildman–Crippen LogP) is 7.13. The molecule has 0 aliphatic carbocycles. The van der Waals surface area contributed by atoms with Gasteiger partial charge in [-0.25, -0.2) is 8.78 Å². The first kappa shape index (κ1) is 23.4. The Morgan fingerprint density at radius 2 is 1.04 bits per heavy atom. The average Bonchev–Trinajstić information content (AvgIpc) is 2.58. The van der Waals surface area contributed by atoms with Crippen LogP contribution in [0.2, 0.25) is 0 Å². The molecular weight excluding hydrogens is 354 g/mol. The second kappa shape index (κ2) is 9.54. The summed E-state index contributed by atoms with van der Waals surface area (Å²) in [4.78, 5) is 0. The molecule has 0 aliphatic heterocycles. The van der Waals surface area contributed by atoms with Gasteiger partial charge in [0.2, 0.25) is 0 Å². The summed E-state index contributed by atoms with van der Waals surface area (Å²) in [5.41, 5.74) is 17.8. The van der Waals surface area contributed by atoms with Crippen LogP contribution in [0.25, 0.3) is 11.1 Å². The number of rotatable bonds is 4. The van der Waals surface area contributed by atoms with Crippen molar-refractivity contribution in [1.29, 1.82) is 0 Å². The third-order valence-electron chi connectivity index (χ3n) is 4.52. The molecule has 0 atom stereocenters. The van der Waals surface area contributed by atoms with Gasteiger partial charge < -0.3 is 11.5 Å². The van der Waals surface area contributed by atoms with Crippen molar-refractivity contribution in [2.75, 3.05) is 11.5 Å². The van der Waals surface area contributed by atoms with E-state index in [1.807, 2.05) is 27.7 Å². The van der Waals surface area contributed by atoms with E-state index < -0.39 is 0 Å². The van der Waals surface area contributed by atoms with Crippen molar-refractivity contribution in [3.63, 3.8) is 0 Å². The summed E-state index contributed by atoms with van der Waals surface area (Å²) in [7, 11) is 0.